The Labute approximate surface area is 150 Å². The van der Waals surface area contributed by atoms with Gasteiger partial charge in [-0.05, 0) is 12.1 Å². The Hall–Kier alpha value is -3.01. The second kappa shape index (κ2) is 7.91. The maximum atomic E-state index is 12.4. The van der Waals surface area contributed by atoms with Gasteiger partial charge in [-0.1, -0.05) is 0 Å². The Kier molecular flexibility index (Phi) is 5.42. The summed E-state index contributed by atoms with van der Waals surface area (Å²) < 4.78 is 5.45. The van der Waals surface area contributed by atoms with E-state index in [1.807, 2.05) is 0 Å². The van der Waals surface area contributed by atoms with Crippen molar-refractivity contribution < 1.29 is 14.3 Å². The molecule has 2 N–H and O–H groups in total. The highest BCUT2D eigenvalue weighted by molar-refractivity contribution is 5.82. The highest BCUT2D eigenvalue weighted by atomic mass is 16.5. The van der Waals surface area contributed by atoms with Crippen LogP contribution < -0.4 is 5.32 Å². The van der Waals surface area contributed by atoms with Crippen molar-refractivity contribution >= 4 is 11.9 Å². The van der Waals surface area contributed by atoms with Gasteiger partial charge in [-0.15, -0.1) is 0 Å². The Morgan fingerprint density at radius 2 is 2.15 bits per heavy atom. The molecular formula is C16H21N7O3. The molecule has 1 fully saturated rings. The van der Waals surface area contributed by atoms with E-state index >= 15 is 0 Å². The number of hydrogen-bond donors (Lipinski definition) is 2. The Balaban J connectivity index is 1.54. The number of urea groups is 1. The van der Waals surface area contributed by atoms with Crippen molar-refractivity contribution in [1.29, 1.82) is 0 Å². The third-order valence-electron chi connectivity index (χ3n) is 3.95. The van der Waals surface area contributed by atoms with Crippen LogP contribution in [-0.4, -0.2) is 81.8 Å². The number of hydrogen-bond acceptors (Lipinski definition) is 6. The Morgan fingerprint density at radius 1 is 1.38 bits per heavy atom. The molecule has 2 aromatic rings. The molecule has 2 aromatic heterocycles. The first kappa shape index (κ1) is 17.8. The lowest BCUT2D eigenvalue weighted by Crippen LogP contribution is -2.53. The van der Waals surface area contributed by atoms with Crippen molar-refractivity contribution in [3.05, 3.63) is 30.4 Å². The van der Waals surface area contributed by atoms with Gasteiger partial charge in [-0.2, -0.15) is 5.10 Å². The van der Waals surface area contributed by atoms with Crippen LogP contribution >= 0.6 is 0 Å². The van der Waals surface area contributed by atoms with Gasteiger partial charge in [0, 0.05) is 38.6 Å². The molecule has 0 radical (unpaired) electrons. The number of aromatic nitrogens is 4. The van der Waals surface area contributed by atoms with Gasteiger partial charge in [0.1, 0.15) is 5.82 Å². The zero-order valence-electron chi connectivity index (χ0n) is 14.7. The number of pyridine rings is 1. The quantitative estimate of drug-likeness (QED) is 0.785. The molecule has 0 bridgehead atoms. The average Bonchev–Trinajstić information content (AvgIpc) is 3.15. The fourth-order valence-corrected chi connectivity index (χ4v) is 2.55. The number of ether oxygens (including phenoxy) is 1. The van der Waals surface area contributed by atoms with Crippen molar-refractivity contribution in [2.75, 3.05) is 33.8 Å². The number of H-pyrrole nitrogens is 1. The number of carbonyl (C=O) groups is 2. The summed E-state index contributed by atoms with van der Waals surface area (Å²) in [6.45, 7) is 1.19. The molecule has 10 nitrogen and oxygen atoms in total. The first-order chi connectivity index (χ1) is 12.5. The highest BCUT2D eigenvalue weighted by Crippen LogP contribution is 2.12. The fraction of sp³-hybridized carbons (Fsp3) is 0.438. The van der Waals surface area contributed by atoms with Crippen LogP contribution in [0.4, 0.5) is 4.79 Å². The van der Waals surface area contributed by atoms with Crippen LogP contribution in [0.1, 0.15) is 5.82 Å². The van der Waals surface area contributed by atoms with Crippen LogP contribution in [0.3, 0.4) is 0 Å². The van der Waals surface area contributed by atoms with Crippen LogP contribution in [0.2, 0.25) is 0 Å². The molecular weight excluding hydrogens is 338 g/mol. The first-order valence-corrected chi connectivity index (χ1v) is 8.22. The fourth-order valence-electron chi connectivity index (χ4n) is 2.55. The molecule has 1 atom stereocenters. The summed E-state index contributed by atoms with van der Waals surface area (Å²) >= 11 is 0. The topological polar surface area (TPSA) is 116 Å². The van der Waals surface area contributed by atoms with E-state index in [0.29, 0.717) is 24.8 Å². The number of nitrogens with zero attached hydrogens (tertiary/aromatic N) is 5. The largest absolute Gasteiger partial charge is 0.365 e. The zero-order chi connectivity index (χ0) is 18.5. The van der Waals surface area contributed by atoms with E-state index in [-0.39, 0.29) is 25.0 Å². The summed E-state index contributed by atoms with van der Waals surface area (Å²) in [6.07, 6.45) is 2.70. The molecule has 0 aliphatic carbocycles. The van der Waals surface area contributed by atoms with Gasteiger partial charge in [0.15, 0.2) is 11.9 Å². The maximum Gasteiger partial charge on any atom is 0.317 e. The number of nitrogens with one attached hydrogen (secondary N) is 2. The van der Waals surface area contributed by atoms with Gasteiger partial charge in [0.25, 0.3) is 5.91 Å². The summed E-state index contributed by atoms with van der Waals surface area (Å²) in [7, 11) is 3.32. The third kappa shape index (κ3) is 4.14. The molecule has 0 aromatic carbocycles. The van der Waals surface area contributed by atoms with Gasteiger partial charge in [-0.3, -0.25) is 14.9 Å². The van der Waals surface area contributed by atoms with Crippen molar-refractivity contribution in [3.63, 3.8) is 0 Å². The number of carbonyl (C=O) groups excluding carboxylic acids is 2. The molecule has 26 heavy (non-hydrogen) atoms. The van der Waals surface area contributed by atoms with E-state index in [0.717, 1.165) is 5.56 Å². The number of amides is 3. The molecule has 3 rings (SSSR count). The van der Waals surface area contributed by atoms with E-state index in [1.54, 1.807) is 43.5 Å². The van der Waals surface area contributed by atoms with E-state index in [4.69, 9.17) is 4.74 Å². The molecule has 138 valence electrons. The number of rotatable bonds is 4. The van der Waals surface area contributed by atoms with Crippen molar-refractivity contribution in [2.24, 2.45) is 0 Å². The molecule has 10 heteroatoms. The number of aromatic amines is 1. The van der Waals surface area contributed by atoms with Gasteiger partial charge < -0.3 is 19.9 Å². The molecule has 0 spiro atoms. The van der Waals surface area contributed by atoms with E-state index in [2.05, 4.69) is 25.5 Å². The number of likely N-dealkylation sites (N-methyl/N-ethyl adjacent to an activating group) is 1. The third-order valence-corrected chi connectivity index (χ3v) is 3.95. The lowest BCUT2D eigenvalue weighted by molar-refractivity contribution is -0.145. The maximum absolute atomic E-state index is 12.4. The standard InChI is InChI=1S/C16H21N7O3/c1-22(2)15(24)12-10-23(7-8-26-12)16(25)18-9-13-19-14(21-20-13)11-3-5-17-6-4-11/h3-6,12H,7-10H2,1-2H3,(H,18,25)(H,19,20,21). The van der Waals surface area contributed by atoms with Crippen LogP contribution in [0.15, 0.2) is 24.5 Å². The minimum atomic E-state index is -0.631. The predicted molar refractivity (Wildman–Crippen MR) is 91.9 cm³/mol. The second-order valence-electron chi connectivity index (χ2n) is 6.04. The molecule has 1 aliphatic rings. The minimum absolute atomic E-state index is 0.153. The lowest BCUT2D eigenvalue weighted by atomic mass is 10.2. The van der Waals surface area contributed by atoms with Gasteiger partial charge in [0.05, 0.1) is 19.7 Å². The van der Waals surface area contributed by atoms with Crippen molar-refractivity contribution in [2.45, 2.75) is 12.6 Å². The minimum Gasteiger partial charge on any atom is -0.365 e. The summed E-state index contributed by atoms with van der Waals surface area (Å²) in [5.74, 6) is 0.929. The summed E-state index contributed by atoms with van der Waals surface area (Å²) in [5, 5.41) is 9.72. The number of morpholine rings is 1. The molecule has 3 heterocycles. The molecule has 0 saturated carbocycles. The monoisotopic (exact) mass is 359 g/mol. The molecule has 1 unspecified atom stereocenters. The molecule has 3 amide bonds. The second-order valence-corrected chi connectivity index (χ2v) is 6.04. The summed E-state index contributed by atoms with van der Waals surface area (Å²) in [5.41, 5.74) is 0.840. The Bertz CT molecular complexity index is 762. The van der Waals surface area contributed by atoms with E-state index in [1.165, 1.54) is 4.90 Å². The lowest BCUT2D eigenvalue weighted by Gasteiger charge is -2.33. The van der Waals surface area contributed by atoms with Crippen molar-refractivity contribution in [1.82, 2.24) is 35.3 Å². The zero-order valence-corrected chi connectivity index (χ0v) is 14.7. The van der Waals surface area contributed by atoms with Crippen molar-refractivity contribution in [3.8, 4) is 11.4 Å². The predicted octanol–water partition coefficient (Wildman–Crippen LogP) is -0.135. The van der Waals surface area contributed by atoms with Crippen LogP contribution in [0, 0.1) is 0 Å². The van der Waals surface area contributed by atoms with Crippen LogP contribution in [0.25, 0.3) is 11.4 Å². The smallest absolute Gasteiger partial charge is 0.317 e. The Morgan fingerprint density at radius 3 is 2.88 bits per heavy atom. The van der Waals surface area contributed by atoms with E-state index in [9.17, 15) is 9.59 Å². The van der Waals surface area contributed by atoms with Crippen LogP contribution in [-0.2, 0) is 16.1 Å². The van der Waals surface area contributed by atoms with Gasteiger partial charge >= 0.3 is 6.03 Å². The summed E-state index contributed by atoms with van der Waals surface area (Å²) in [4.78, 5) is 35.7. The highest BCUT2D eigenvalue weighted by Gasteiger charge is 2.30. The van der Waals surface area contributed by atoms with Gasteiger partial charge in [0.2, 0.25) is 0 Å². The molecule has 1 saturated heterocycles. The average molecular weight is 359 g/mol. The van der Waals surface area contributed by atoms with E-state index < -0.39 is 6.10 Å². The van der Waals surface area contributed by atoms with Gasteiger partial charge in [-0.25, -0.2) is 9.78 Å². The molecule has 1 aliphatic heterocycles. The van der Waals surface area contributed by atoms with Crippen LogP contribution in [0.5, 0.6) is 0 Å². The SMILES string of the molecule is CN(C)C(=O)C1CN(C(=O)NCc2nc(-c3ccncc3)n[nH]2)CCO1. The summed E-state index contributed by atoms with van der Waals surface area (Å²) in [6, 6.07) is 3.34. The normalized spacial score (nSPS) is 17.0. The first-order valence-electron chi connectivity index (χ1n) is 8.22.